The van der Waals surface area contributed by atoms with Crippen LogP contribution in [0, 0.1) is 5.92 Å². The first kappa shape index (κ1) is 25.0. The zero-order valence-electron chi connectivity index (χ0n) is 18.8. The molecular formula is C24H51N. The molecule has 0 aromatic carbocycles. The molecule has 0 saturated carbocycles. The summed E-state index contributed by atoms with van der Waals surface area (Å²) in [6.07, 6.45) is 22.9. The summed E-state index contributed by atoms with van der Waals surface area (Å²) in [6.45, 7) is 9.52. The first-order valence-electron chi connectivity index (χ1n) is 11.6. The van der Waals surface area contributed by atoms with Crippen molar-refractivity contribution in [1.82, 2.24) is 4.90 Å². The van der Waals surface area contributed by atoms with E-state index in [-0.39, 0.29) is 0 Å². The second-order valence-corrected chi connectivity index (χ2v) is 9.07. The van der Waals surface area contributed by atoms with Crippen molar-refractivity contribution in [3.8, 4) is 0 Å². The number of nitrogens with zero attached hydrogens (tertiary/aromatic N) is 1. The third-order valence-corrected chi connectivity index (χ3v) is 6.46. The van der Waals surface area contributed by atoms with Crippen LogP contribution in [0.15, 0.2) is 0 Å². The van der Waals surface area contributed by atoms with Crippen molar-refractivity contribution >= 4 is 0 Å². The van der Waals surface area contributed by atoms with E-state index in [1.165, 1.54) is 103 Å². The lowest BCUT2D eigenvalue weighted by Crippen LogP contribution is -2.45. The highest BCUT2D eigenvalue weighted by Gasteiger charge is 2.30. The van der Waals surface area contributed by atoms with E-state index >= 15 is 0 Å². The molecule has 0 aliphatic carbocycles. The van der Waals surface area contributed by atoms with E-state index in [2.05, 4.69) is 46.7 Å². The lowest BCUT2D eigenvalue weighted by molar-refractivity contribution is 0.0990. The van der Waals surface area contributed by atoms with Gasteiger partial charge >= 0.3 is 0 Å². The summed E-state index contributed by atoms with van der Waals surface area (Å²) in [5, 5.41) is 0. The molecule has 1 nitrogen and oxygen atoms in total. The minimum atomic E-state index is 0.338. The van der Waals surface area contributed by atoms with Crippen LogP contribution in [0.1, 0.15) is 130 Å². The fraction of sp³-hybridized carbons (Fsp3) is 1.00. The number of rotatable bonds is 18. The van der Waals surface area contributed by atoms with Gasteiger partial charge in [-0.1, -0.05) is 104 Å². The molecule has 0 aromatic rings. The predicted octanol–water partition coefficient (Wildman–Crippen LogP) is 8.22. The van der Waals surface area contributed by atoms with E-state index in [9.17, 15) is 0 Å². The van der Waals surface area contributed by atoms with Crippen LogP contribution in [0.5, 0.6) is 0 Å². The van der Waals surface area contributed by atoms with Gasteiger partial charge in [-0.25, -0.2) is 0 Å². The summed E-state index contributed by atoms with van der Waals surface area (Å²) in [5.74, 6) is 0.855. The van der Waals surface area contributed by atoms with E-state index in [1.54, 1.807) is 0 Å². The predicted molar refractivity (Wildman–Crippen MR) is 116 cm³/mol. The Kier molecular flexibility index (Phi) is 16.1. The maximum Gasteiger partial charge on any atom is 0.0175 e. The largest absolute Gasteiger partial charge is 0.304 e. The van der Waals surface area contributed by atoms with Crippen LogP contribution < -0.4 is 0 Å². The molecule has 0 N–H and O–H groups in total. The molecule has 0 heterocycles. The third kappa shape index (κ3) is 12.9. The van der Waals surface area contributed by atoms with Gasteiger partial charge in [0.25, 0.3) is 0 Å². The van der Waals surface area contributed by atoms with Crippen LogP contribution >= 0.6 is 0 Å². The zero-order chi connectivity index (χ0) is 19.0. The van der Waals surface area contributed by atoms with Crippen molar-refractivity contribution in [3.63, 3.8) is 0 Å². The van der Waals surface area contributed by atoms with Gasteiger partial charge < -0.3 is 4.90 Å². The molecule has 0 bridgehead atoms. The maximum absolute atomic E-state index is 2.46. The van der Waals surface area contributed by atoms with Crippen molar-refractivity contribution < 1.29 is 0 Å². The fourth-order valence-corrected chi connectivity index (χ4v) is 3.91. The Bertz CT molecular complexity index is 269. The molecule has 1 heteroatoms. The molecule has 1 atom stereocenters. The van der Waals surface area contributed by atoms with Gasteiger partial charge in [0.1, 0.15) is 0 Å². The zero-order valence-corrected chi connectivity index (χ0v) is 18.8. The van der Waals surface area contributed by atoms with Crippen LogP contribution in [-0.2, 0) is 0 Å². The van der Waals surface area contributed by atoms with Crippen LogP contribution in [0.4, 0.5) is 0 Å². The van der Waals surface area contributed by atoms with Crippen molar-refractivity contribution in [2.24, 2.45) is 5.92 Å². The normalized spacial score (nSPS) is 13.6. The second-order valence-electron chi connectivity index (χ2n) is 9.07. The van der Waals surface area contributed by atoms with Gasteiger partial charge in [-0.15, -0.1) is 0 Å². The molecule has 0 saturated heterocycles. The molecule has 0 aliphatic rings. The number of unbranched alkanes of at least 4 members (excludes halogenated alkanes) is 12. The van der Waals surface area contributed by atoms with Gasteiger partial charge in [0.05, 0.1) is 0 Å². The molecule has 25 heavy (non-hydrogen) atoms. The van der Waals surface area contributed by atoms with Crippen molar-refractivity contribution in [2.45, 2.75) is 136 Å². The van der Waals surface area contributed by atoms with Gasteiger partial charge in [-0.2, -0.15) is 0 Å². The van der Waals surface area contributed by atoms with Gasteiger partial charge in [-0.05, 0) is 46.7 Å². The van der Waals surface area contributed by atoms with E-state index < -0.39 is 0 Å². The summed E-state index contributed by atoms with van der Waals surface area (Å²) in [4.78, 5) is 2.46. The van der Waals surface area contributed by atoms with Crippen LogP contribution in [0.25, 0.3) is 0 Å². The Balaban J connectivity index is 4.03. The lowest BCUT2D eigenvalue weighted by atomic mass is 9.79. The van der Waals surface area contributed by atoms with Gasteiger partial charge in [0, 0.05) is 5.54 Å². The first-order valence-corrected chi connectivity index (χ1v) is 11.6. The molecule has 152 valence electrons. The van der Waals surface area contributed by atoms with Crippen LogP contribution in [0.3, 0.4) is 0 Å². The first-order chi connectivity index (χ1) is 12.0. The molecule has 0 rings (SSSR count). The van der Waals surface area contributed by atoms with Gasteiger partial charge in [0.15, 0.2) is 0 Å². The third-order valence-electron chi connectivity index (χ3n) is 6.46. The number of hydrogen-bond acceptors (Lipinski definition) is 1. The smallest absolute Gasteiger partial charge is 0.0175 e. The summed E-state index contributed by atoms with van der Waals surface area (Å²) in [7, 11) is 4.53. The molecule has 0 fully saturated rings. The lowest BCUT2D eigenvalue weighted by Gasteiger charge is -2.40. The molecule has 0 radical (unpaired) electrons. The standard InChI is InChI=1S/C24H51N/c1-7-9-11-13-15-16-18-20-22-23(24(3,4)25(5)6)21-19-17-14-12-10-8-2/h23H,7-22H2,1-6H3. The molecule has 0 spiro atoms. The monoisotopic (exact) mass is 353 g/mol. The topological polar surface area (TPSA) is 3.24 Å². The quantitative estimate of drug-likeness (QED) is 0.224. The SMILES string of the molecule is CCCCCCCCCCC(CCCCCCCC)C(C)(C)N(C)C. The summed E-state index contributed by atoms with van der Waals surface area (Å²) >= 11 is 0. The Morgan fingerprint density at radius 3 is 1.20 bits per heavy atom. The van der Waals surface area contributed by atoms with Crippen molar-refractivity contribution in [1.29, 1.82) is 0 Å². The maximum atomic E-state index is 2.46. The van der Waals surface area contributed by atoms with E-state index in [4.69, 9.17) is 0 Å². The average Bonchev–Trinajstić information content (AvgIpc) is 2.58. The Morgan fingerprint density at radius 1 is 0.560 bits per heavy atom. The summed E-state index contributed by atoms with van der Waals surface area (Å²) in [5.41, 5.74) is 0.338. The summed E-state index contributed by atoms with van der Waals surface area (Å²) in [6, 6.07) is 0. The fourth-order valence-electron chi connectivity index (χ4n) is 3.91. The van der Waals surface area contributed by atoms with Crippen LogP contribution in [-0.4, -0.2) is 24.5 Å². The highest BCUT2D eigenvalue weighted by atomic mass is 15.1. The summed E-state index contributed by atoms with van der Waals surface area (Å²) < 4.78 is 0. The van der Waals surface area contributed by atoms with Gasteiger partial charge in [0.2, 0.25) is 0 Å². The van der Waals surface area contributed by atoms with E-state index in [0.717, 1.165) is 5.92 Å². The number of hydrogen-bond donors (Lipinski definition) is 0. The average molecular weight is 354 g/mol. The molecule has 0 aromatic heterocycles. The highest BCUT2D eigenvalue weighted by Crippen LogP contribution is 2.32. The highest BCUT2D eigenvalue weighted by molar-refractivity contribution is 4.85. The van der Waals surface area contributed by atoms with Crippen molar-refractivity contribution in [3.05, 3.63) is 0 Å². The van der Waals surface area contributed by atoms with Crippen molar-refractivity contribution in [2.75, 3.05) is 14.1 Å². The van der Waals surface area contributed by atoms with Gasteiger partial charge in [-0.3, -0.25) is 0 Å². The molecule has 0 amide bonds. The minimum Gasteiger partial charge on any atom is -0.304 e. The van der Waals surface area contributed by atoms with Crippen LogP contribution in [0.2, 0.25) is 0 Å². The van der Waals surface area contributed by atoms with E-state index in [0.29, 0.717) is 5.54 Å². The van der Waals surface area contributed by atoms with E-state index in [1.807, 2.05) is 0 Å². The molecular weight excluding hydrogens is 302 g/mol. The Hall–Kier alpha value is -0.0400. The second kappa shape index (κ2) is 16.2. The minimum absolute atomic E-state index is 0.338. The molecule has 1 unspecified atom stereocenters. The Labute approximate surface area is 161 Å². The molecule has 0 aliphatic heterocycles. The Morgan fingerprint density at radius 2 is 0.880 bits per heavy atom.